The monoisotopic (exact) mass is 312 g/mol. The Morgan fingerprint density at radius 1 is 1.33 bits per heavy atom. The molecule has 0 saturated heterocycles. The van der Waals surface area contributed by atoms with Gasteiger partial charge in [-0.1, -0.05) is 5.16 Å². The van der Waals surface area contributed by atoms with Crippen LogP contribution in [-0.4, -0.2) is 24.6 Å². The molecule has 2 heterocycles. The second kappa shape index (κ2) is 5.58. The molecule has 1 saturated carbocycles. The Balaban J connectivity index is 1.60. The van der Waals surface area contributed by atoms with Gasteiger partial charge in [0.15, 0.2) is 5.82 Å². The van der Waals surface area contributed by atoms with E-state index in [1.807, 2.05) is 0 Å². The van der Waals surface area contributed by atoms with E-state index in [2.05, 4.69) is 20.2 Å². The van der Waals surface area contributed by atoms with Crippen LogP contribution in [0.4, 0.5) is 0 Å². The van der Waals surface area contributed by atoms with Gasteiger partial charge in [-0.3, -0.25) is 0 Å². The van der Waals surface area contributed by atoms with Gasteiger partial charge in [0, 0.05) is 13.0 Å². The van der Waals surface area contributed by atoms with Gasteiger partial charge in [-0.15, -0.1) is 0 Å². The summed E-state index contributed by atoms with van der Waals surface area (Å²) in [7, 11) is -3.72. The molecule has 2 aromatic heterocycles. The molecule has 1 aliphatic rings. The minimum absolute atomic E-state index is 0.0456. The molecule has 0 amide bonds. The predicted molar refractivity (Wildman–Crippen MR) is 71.6 cm³/mol. The largest absolute Gasteiger partial charge is 0.447 e. The highest BCUT2D eigenvalue weighted by Gasteiger charge is 2.22. The van der Waals surface area contributed by atoms with Crippen LogP contribution in [0.2, 0.25) is 0 Å². The SMILES string of the molecule is Cc1nc(CNS(=O)(=O)c2ccc(CNC3CC3)o2)no1. The van der Waals surface area contributed by atoms with Crippen molar-refractivity contribution in [2.45, 2.75) is 44.0 Å². The molecule has 8 nitrogen and oxygen atoms in total. The predicted octanol–water partition coefficient (Wildman–Crippen LogP) is 0.702. The fourth-order valence-corrected chi connectivity index (χ4v) is 2.70. The highest BCUT2D eigenvalue weighted by atomic mass is 32.2. The maximum Gasteiger partial charge on any atom is 0.274 e. The van der Waals surface area contributed by atoms with E-state index in [1.165, 1.54) is 6.07 Å². The Morgan fingerprint density at radius 2 is 2.14 bits per heavy atom. The Bertz CT molecular complexity index is 717. The zero-order valence-corrected chi connectivity index (χ0v) is 12.3. The second-order valence-corrected chi connectivity index (χ2v) is 6.63. The zero-order chi connectivity index (χ0) is 14.9. The van der Waals surface area contributed by atoms with E-state index >= 15 is 0 Å². The third kappa shape index (κ3) is 3.69. The summed E-state index contributed by atoms with van der Waals surface area (Å²) < 4.78 is 36.6. The Kier molecular flexibility index (Phi) is 3.79. The van der Waals surface area contributed by atoms with E-state index in [0.717, 1.165) is 12.8 Å². The number of sulfonamides is 1. The van der Waals surface area contributed by atoms with Crippen molar-refractivity contribution in [2.24, 2.45) is 0 Å². The molecule has 0 radical (unpaired) electrons. The van der Waals surface area contributed by atoms with E-state index < -0.39 is 10.0 Å². The lowest BCUT2D eigenvalue weighted by molar-refractivity contribution is 0.385. The molecule has 2 N–H and O–H groups in total. The minimum atomic E-state index is -3.72. The van der Waals surface area contributed by atoms with Crippen molar-refractivity contribution in [3.8, 4) is 0 Å². The maximum absolute atomic E-state index is 12.1. The number of rotatable bonds is 7. The smallest absolute Gasteiger partial charge is 0.274 e. The van der Waals surface area contributed by atoms with Gasteiger partial charge in [-0.2, -0.15) is 4.98 Å². The molecule has 2 aromatic rings. The molecule has 0 unspecified atom stereocenters. The van der Waals surface area contributed by atoms with Crippen LogP contribution in [0, 0.1) is 6.92 Å². The van der Waals surface area contributed by atoms with Crippen molar-refractivity contribution < 1.29 is 17.4 Å². The van der Waals surface area contributed by atoms with Gasteiger partial charge in [0.2, 0.25) is 11.0 Å². The van der Waals surface area contributed by atoms with E-state index in [0.29, 0.717) is 24.2 Å². The molecule has 0 aliphatic heterocycles. The fraction of sp³-hybridized carbons (Fsp3) is 0.500. The van der Waals surface area contributed by atoms with E-state index in [4.69, 9.17) is 8.94 Å². The van der Waals surface area contributed by atoms with Gasteiger partial charge in [-0.25, -0.2) is 13.1 Å². The van der Waals surface area contributed by atoms with Crippen molar-refractivity contribution in [1.82, 2.24) is 20.2 Å². The van der Waals surface area contributed by atoms with Gasteiger partial charge in [0.25, 0.3) is 10.0 Å². The lowest BCUT2D eigenvalue weighted by Gasteiger charge is -2.01. The molecule has 0 bridgehead atoms. The van der Waals surface area contributed by atoms with Gasteiger partial charge >= 0.3 is 0 Å². The maximum atomic E-state index is 12.1. The molecule has 0 aromatic carbocycles. The standard InChI is InChI=1S/C12H16N4O4S/c1-8-15-11(16-20-8)7-14-21(17,18)12-5-4-10(19-12)6-13-9-2-3-9/h4-5,9,13-14H,2-3,6-7H2,1H3. The minimum Gasteiger partial charge on any atom is -0.447 e. The Morgan fingerprint density at radius 3 is 2.81 bits per heavy atom. The van der Waals surface area contributed by atoms with Crippen LogP contribution in [0.25, 0.3) is 0 Å². The topological polar surface area (TPSA) is 110 Å². The highest BCUT2D eigenvalue weighted by molar-refractivity contribution is 7.89. The van der Waals surface area contributed by atoms with Crippen molar-refractivity contribution in [3.63, 3.8) is 0 Å². The van der Waals surface area contributed by atoms with Crippen LogP contribution >= 0.6 is 0 Å². The van der Waals surface area contributed by atoms with E-state index in [-0.39, 0.29) is 17.5 Å². The molecule has 1 aliphatic carbocycles. The molecule has 0 spiro atoms. The van der Waals surface area contributed by atoms with Crippen molar-refractivity contribution in [3.05, 3.63) is 29.6 Å². The molecule has 21 heavy (non-hydrogen) atoms. The normalized spacial score (nSPS) is 15.5. The lowest BCUT2D eigenvalue weighted by atomic mass is 10.4. The van der Waals surface area contributed by atoms with Crippen LogP contribution in [0.5, 0.6) is 0 Å². The summed E-state index contributed by atoms with van der Waals surface area (Å²) >= 11 is 0. The Labute approximate surface area is 122 Å². The van der Waals surface area contributed by atoms with Crippen LogP contribution in [0.1, 0.15) is 30.3 Å². The highest BCUT2D eigenvalue weighted by Crippen LogP contribution is 2.20. The first kappa shape index (κ1) is 14.2. The summed E-state index contributed by atoms with van der Waals surface area (Å²) in [6, 6.07) is 3.63. The second-order valence-electron chi connectivity index (χ2n) is 4.93. The number of nitrogens with zero attached hydrogens (tertiary/aromatic N) is 2. The Hall–Kier alpha value is -1.71. The zero-order valence-electron chi connectivity index (χ0n) is 11.5. The first-order valence-corrected chi connectivity index (χ1v) is 8.12. The number of hydrogen-bond acceptors (Lipinski definition) is 7. The molecular weight excluding hydrogens is 296 g/mol. The quantitative estimate of drug-likeness (QED) is 0.774. The van der Waals surface area contributed by atoms with Gasteiger partial charge in [0.05, 0.1) is 13.1 Å². The summed E-state index contributed by atoms with van der Waals surface area (Å²) in [5.74, 6) is 1.26. The van der Waals surface area contributed by atoms with Crippen molar-refractivity contribution in [2.75, 3.05) is 0 Å². The van der Waals surface area contributed by atoms with Gasteiger partial charge in [0.1, 0.15) is 5.76 Å². The summed E-state index contributed by atoms with van der Waals surface area (Å²) in [6.07, 6.45) is 2.33. The number of furan rings is 1. The molecular formula is C12H16N4O4S. The van der Waals surface area contributed by atoms with E-state index in [9.17, 15) is 8.42 Å². The fourth-order valence-electron chi connectivity index (χ4n) is 1.77. The van der Waals surface area contributed by atoms with Crippen LogP contribution in [-0.2, 0) is 23.1 Å². The van der Waals surface area contributed by atoms with Gasteiger partial charge < -0.3 is 14.3 Å². The summed E-state index contributed by atoms with van der Waals surface area (Å²) in [5.41, 5.74) is 0. The third-order valence-electron chi connectivity index (χ3n) is 3.03. The average molecular weight is 312 g/mol. The summed E-state index contributed by atoms with van der Waals surface area (Å²) in [6.45, 7) is 2.12. The first-order valence-electron chi connectivity index (χ1n) is 6.64. The third-order valence-corrected chi connectivity index (χ3v) is 4.31. The van der Waals surface area contributed by atoms with Gasteiger partial charge in [-0.05, 0) is 25.0 Å². The first-order chi connectivity index (χ1) is 10.0. The number of nitrogens with one attached hydrogen (secondary N) is 2. The lowest BCUT2D eigenvalue weighted by Crippen LogP contribution is -2.23. The van der Waals surface area contributed by atoms with Crippen LogP contribution in [0.3, 0.4) is 0 Å². The van der Waals surface area contributed by atoms with E-state index in [1.54, 1.807) is 13.0 Å². The molecule has 9 heteroatoms. The van der Waals surface area contributed by atoms with Crippen molar-refractivity contribution >= 4 is 10.0 Å². The molecule has 3 rings (SSSR count). The van der Waals surface area contributed by atoms with Crippen LogP contribution in [0.15, 0.2) is 26.2 Å². The van der Waals surface area contributed by atoms with Crippen molar-refractivity contribution in [1.29, 1.82) is 0 Å². The number of hydrogen-bond donors (Lipinski definition) is 2. The summed E-state index contributed by atoms with van der Waals surface area (Å²) in [5, 5.41) is 6.76. The molecule has 1 fully saturated rings. The van der Waals surface area contributed by atoms with Crippen LogP contribution < -0.4 is 10.0 Å². The molecule has 114 valence electrons. The average Bonchev–Trinajstić information content (AvgIpc) is 2.97. The summed E-state index contributed by atoms with van der Waals surface area (Å²) in [4.78, 5) is 3.92. The molecule has 0 atom stereocenters. The number of aromatic nitrogens is 2. The number of aryl methyl sites for hydroxylation is 1.